The first-order chi connectivity index (χ1) is 10.1. The van der Waals surface area contributed by atoms with Crippen LogP contribution in [0.1, 0.15) is 30.1 Å². The summed E-state index contributed by atoms with van der Waals surface area (Å²) >= 11 is 6.25. The van der Waals surface area contributed by atoms with E-state index in [0.29, 0.717) is 28.5 Å². The normalized spacial score (nSPS) is 27.7. The van der Waals surface area contributed by atoms with E-state index < -0.39 is 0 Å². The third kappa shape index (κ3) is 2.80. The van der Waals surface area contributed by atoms with Crippen molar-refractivity contribution in [2.45, 2.75) is 25.8 Å². The SMILES string of the molecule is COC(=O)c1ccc(Cl)c(NC(C)C2CC3C=CC2C3)c1. The van der Waals surface area contributed by atoms with Crippen molar-refractivity contribution in [1.29, 1.82) is 0 Å². The van der Waals surface area contributed by atoms with Crippen LogP contribution in [0.25, 0.3) is 0 Å². The lowest BCUT2D eigenvalue weighted by molar-refractivity contribution is 0.0601. The fourth-order valence-corrected chi connectivity index (χ4v) is 3.80. The number of benzene rings is 1. The minimum absolute atomic E-state index is 0.329. The fraction of sp³-hybridized carbons (Fsp3) is 0.471. The highest BCUT2D eigenvalue weighted by atomic mass is 35.5. The molecule has 4 heteroatoms. The van der Waals surface area contributed by atoms with Crippen LogP contribution in [-0.2, 0) is 4.74 Å². The largest absolute Gasteiger partial charge is 0.465 e. The second-order valence-electron chi connectivity index (χ2n) is 6.06. The highest BCUT2D eigenvalue weighted by Gasteiger charge is 2.38. The summed E-state index contributed by atoms with van der Waals surface area (Å²) in [6, 6.07) is 5.53. The molecule has 4 atom stereocenters. The van der Waals surface area contributed by atoms with Crippen molar-refractivity contribution in [2.24, 2.45) is 17.8 Å². The number of ether oxygens (including phenoxy) is 1. The van der Waals surface area contributed by atoms with Crippen LogP contribution in [0.2, 0.25) is 5.02 Å². The molecule has 2 bridgehead atoms. The topological polar surface area (TPSA) is 38.3 Å². The summed E-state index contributed by atoms with van der Waals surface area (Å²) in [6.07, 6.45) is 7.22. The van der Waals surface area contributed by atoms with Crippen molar-refractivity contribution in [3.8, 4) is 0 Å². The zero-order valence-electron chi connectivity index (χ0n) is 12.3. The maximum absolute atomic E-state index is 11.6. The Morgan fingerprint density at radius 1 is 1.38 bits per heavy atom. The molecule has 0 radical (unpaired) electrons. The molecule has 0 spiro atoms. The number of carbonyl (C=O) groups excluding carboxylic acids is 1. The third-order valence-electron chi connectivity index (χ3n) is 4.74. The second kappa shape index (κ2) is 5.72. The van der Waals surface area contributed by atoms with E-state index in [9.17, 15) is 4.79 Å². The number of allylic oxidation sites excluding steroid dienone is 2. The molecule has 1 N–H and O–H groups in total. The van der Waals surface area contributed by atoms with Gasteiger partial charge < -0.3 is 10.1 Å². The van der Waals surface area contributed by atoms with Crippen LogP contribution in [0, 0.1) is 17.8 Å². The van der Waals surface area contributed by atoms with E-state index in [1.807, 2.05) is 0 Å². The molecule has 3 rings (SSSR count). The predicted molar refractivity (Wildman–Crippen MR) is 84.7 cm³/mol. The number of esters is 1. The van der Waals surface area contributed by atoms with Gasteiger partial charge in [0.1, 0.15) is 0 Å². The van der Waals surface area contributed by atoms with Crippen molar-refractivity contribution < 1.29 is 9.53 Å². The Labute approximate surface area is 130 Å². The Hall–Kier alpha value is -1.48. The lowest BCUT2D eigenvalue weighted by Crippen LogP contribution is -2.29. The molecule has 1 aromatic carbocycles. The minimum Gasteiger partial charge on any atom is -0.465 e. The fourth-order valence-electron chi connectivity index (χ4n) is 3.63. The average molecular weight is 306 g/mol. The van der Waals surface area contributed by atoms with E-state index in [1.165, 1.54) is 20.0 Å². The lowest BCUT2D eigenvalue weighted by Gasteiger charge is -2.27. The van der Waals surface area contributed by atoms with Gasteiger partial charge in [-0.25, -0.2) is 4.79 Å². The van der Waals surface area contributed by atoms with Crippen molar-refractivity contribution in [2.75, 3.05) is 12.4 Å². The van der Waals surface area contributed by atoms with E-state index in [0.717, 1.165) is 11.6 Å². The van der Waals surface area contributed by atoms with E-state index in [-0.39, 0.29) is 5.97 Å². The van der Waals surface area contributed by atoms with Crippen LogP contribution < -0.4 is 5.32 Å². The van der Waals surface area contributed by atoms with Crippen LogP contribution in [0.3, 0.4) is 0 Å². The van der Waals surface area contributed by atoms with Gasteiger partial charge in [-0.2, -0.15) is 0 Å². The molecule has 4 unspecified atom stereocenters. The number of fused-ring (bicyclic) bond motifs is 2. The number of hydrogen-bond acceptors (Lipinski definition) is 3. The Morgan fingerprint density at radius 3 is 2.81 bits per heavy atom. The van der Waals surface area contributed by atoms with Gasteiger partial charge in [-0.3, -0.25) is 0 Å². The van der Waals surface area contributed by atoms with E-state index in [1.54, 1.807) is 18.2 Å². The summed E-state index contributed by atoms with van der Waals surface area (Å²) in [5.74, 6) is 1.73. The van der Waals surface area contributed by atoms with Gasteiger partial charge in [0.2, 0.25) is 0 Å². The van der Waals surface area contributed by atoms with Crippen molar-refractivity contribution in [1.82, 2.24) is 0 Å². The first kappa shape index (κ1) is 14.5. The van der Waals surface area contributed by atoms with Crippen molar-refractivity contribution >= 4 is 23.3 Å². The lowest BCUT2D eigenvalue weighted by atomic mass is 9.87. The van der Waals surface area contributed by atoms with Crippen LogP contribution in [0.15, 0.2) is 30.4 Å². The predicted octanol–water partition coefficient (Wildman–Crippen LogP) is 4.14. The van der Waals surface area contributed by atoms with Gasteiger partial charge in [-0.15, -0.1) is 0 Å². The van der Waals surface area contributed by atoms with Crippen molar-refractivity contribution in [3.63, 3.8) is 0 Å². The van der Waals surface area contributed by atoms with Gasteiger partial charge in [-0.1, -0.05) is 23.8 Å². The first-order valence-electron chi connectivity index (χ1n) is 7.41. The van der Waals surface area contributed by atoms with Gasteiger partial charge >= 0.3 is 5.97 Å². The zero-order valence-corrected chi connectivity index (χ0v) is 13.1. The van der Waals surface area contributed by atoms with Crippen molar-refractivity contribution in [3.05, 3.63) is 40.9 Å². The van der Waals surface area contributed by atoms with Gasteiger partial charge in [0.15, 0.2) is 0 Å². The molecule has 0 amide bonds. The Kier molecular flexibility index (Phi) is 3.94. The molecule has 21 heavy (non-hydrogen) atoms. The second-order valence-corrected chi connectivity index (χ2v) is 6.47. The van der Waals surface area contributed by atoms with E-state index in [4.69, 9.17) is 16.3 Å². The molecule has 0 aromatic heterocycles. The highest BCUT2D eigenvalue weighted by molar-refractivity contribution is 6.33. The van der Waals surface area contributed by atoms with Crippen LogP contribution in [0.5, 0.6) is 0 Å². The average Bonchev–Trinajstić information content (AvgIpc) is 3.11. The quantitative estimate of drug-likeness (QED) is 0.671. The molecule has 0 saturated heterocycles. The summed E-state index contributed by atoms with van der Waals surface area (Å²) in [7, 11) is 1.38. The van der Waals surface area contributed by atoms with Gasteiger partial charge in [0.05, 0.1) is 23.4 Å². The molecule has 3 nitrogen and oxygen atoms in total. The molecule has 1 fully saturated rings. The number of halogens is 1. The first-order valence-corrected chi connectivity index (χ1v) is 7.79. The molecular weight excluding hydrogens is 286 g/mol. The summed E-state index contributed by atoms with van der Waals surface area (Å²) in [5, 5.41) is 4.12. The summed E-state index contributed by atoms with van der Waals surface area (Å²) < 4.78 is 4.76. The number of carbonyl (C=O) groups is 1. The standard InChI is InChI=1S/C17H20ClNO2/c1-10(14-8-11-3-4-12(14)7-11)19-16-9-13(17(20)21-2)5-6-15(16)18/h3-6,9-12,14,19H,7-8H2,1-2H3. The number of nitrogens with one attached hydrogen (secondary N) is 1. The molecule has 1 saturated carbocycles. The Morgan fingerprint density at radius 2 is 2.19 bits per heavy atom. The Balaban J connectivity index is 1.75. The molecule has 0 heterocycles. The Bertz CT molecular complexity index is 584. The number of methoxy groups -OCH3 is 1. The van der Waals surface area contributed by atoms with Gasteiger partial charge in [0.25, 0.3) is 0 Å². The van der Waals surface area contributed by atoms with Crippen LogP contribution in [0.4, 0.5) is 5.69 Å². The smallest absolute Gasteiger partial charge is 0.337 e. The van der Waals surface area contributed by atoms with E-state index >= 15 is 0 Å². The summed E-state index contributed by atoms with van der Waals surface area (Å²) in [6.45, 7) is 2.19. The number of rotatable bonds is 4. The van der Waals surface area contributed by atoms with Gasteiger partial charge in [0, 0.05) is 6.04 Å². The summed E-state index contributed by atoms with van der Waals surface area (Å²) in [5.41, 5.74) is 1.32. The summed E-state index contributed by atoms with van der Waals surface area (Å²) in [4.78, 5) is 11.6. The van der Waals surface area contributed by atoms with Gasteiger partial charge in [-0.05, 0) is 55.7 Å². The number of anilines is 1. The molecule has 112 valence electrons. The maximum Gasteiger partial charge on any atom is 0.337 e. The third-order valence-corrected chi connectivity index (χ3v) is 5.07. The molecule has 2 aliphatic carbocycles. The van der Waals surface area contributed by atoms with Crippen LogP contribution >= 0.6 is 11.6 Å². The van der Waals surface area contributed by atoms with E-state index in [2.05, 4.69) is 24.4 Å². The molecule has 1 aromatic rings. The maximum atomic E-state index is 11.6. The monoisotopic (exact) mass is 305 g/mol. The molecular formula is C17H20ClNO2. The molecule has 0 aliphatic heterocycles. The zero-order chi connectivity index (χ0) is 15.0. The molecule has 2 aliphatic rings. The minimum atomic E-state index is -0.342. The highest BCUT2D eigenvalue weighted by Crippen LogP contribution is 2.45. The number of hydrogen-bond donors (Lipinski definition) is 1. The van der Waals surface area contributed by atoms with Crippen LogP contribution in [-0.4, -0.2) is 19.1 Å².